The van der Waals surface area contributed by atoms with Crippen molar-refractivity contribution >= 4 is 11.6 Å². The number of amides is 1. The quantitative estimate of drug-likeness (QED) is 0.773. The summed E-state index contributed by atoms with van der Waals surface area (Å²) in [6, 6.07) is 14.7. The number of aryl methyl sites for hydroxylation is 1. The Morgan fingerprint density at radius 2 is 2.05 bits per heavy atom. The van der Waals surface area contributed by atoms with E-state index in [1.807, 2.05) is 37.3 Å². The first-order chi connectivity index (χ1) is 10.2. The largest absolute Gasteiger partial charge is 0.321 e. The van der Waals surface area contributed by atoms with E-state index in [2.05, 4.69) is 20.5 Å². The number of aromatic nitrogens is 3. The van der Waals surface area contributed by atoms with E-state index in [1.54, 1.807) is 24.4 Å². The van der Waals surface area contributed by atoms with Crippen LogP contribution in [0.5, 0.6) is 0 Å². The molecule has 3 aromatic rings. The highest BCUT2D eigenvalue weighted by molar-refractivity contribution is 6.03. The summed E-state index contributed by atoms with van der Waals surface area (Å²) in [5.74, 6) is -0.231. The van der Waals surface area contributed by atoms with Gasteiger partial charge in [-0.25, -0.2) is 0 Å². The van der Waals surface area contributed by atoms with Crippen LogP contribution in [0.4, 0.5) is 5.69 Å². The summed E-state index contributed by atoms with van der Waals surface area (Å²) in [7, 11) is 0. The third-order valence-corrected chi connectivity index (χ3v) is 3.02. The van der Waals surface area contributed by atoms with Gasteiger partial charge in [-0.15, -0.1) is 0 Å². The van der Waals surface area contributed by atoms with E-state index in [1.165, 1.54) is 0 Å². The minimum atomic E-state index is -0.231. The Morgan fingerprint density at radius 1 is 1.14 bits per heavy atom. The number of carbonyl (C=O) groups excluding carboxylic acids is 1. The summed E-state index contributed by atoms with van der Waals surface area (Å²) < 4.78 is 0. The van der Waals surface area contributed by atoms with Crippen molar-refractivity contribution in [2.75, 3.05) is 5.32 Å². The molecule has 2 aromatic heterocycles. The van der Waals surface area contributed by atoms with Crippen LogP contribution in [-0.4, -0.2) is 21.1 Å². The van der Waals surface area contributed by atoms with Crippen molar-refractivity contribution < 1.29 is 4.79 Å². The molecule has 0 aliphatic heterocycles. The van der Waals surface area contributed by atoms with Crippen molar-refractivity contribution in [1.82, 2.24) is 15.2 Å². The van der Waals surface area contributed by atoms with Gasteiger partial charge in [-0.1, -0.05) is 18.2 Å². The maximum absolute atomic E-state index is 12.1. The van der Waals surface area contributed by atoms with Gasteiger partial charge in [0.2, 0.25) is 0 Å². The van der Waals surface area contributed by atoms with Gasteiger partial charge in [0.25, 0.3) is 5.91 Å². The van der Waals surface area contributed by atoms with E-state index >= 15 is 0 Å². The van der Waals surface area contributed by atoms with E-state index in [-0.39, 0.29) is 5.91 Å². The van der Waals surface area contributed by atoms with Crippen LogP contribution in [0, 0.1) is 6.92 Å². The van der Waals surface area contributed by atoms with Crippen molar-refractivity contribution in [3.05, 3.63) is 66.1 Å². The van der Waals surface area contributed by atoms with Gasteiger partial charge in [0.1, 0.15) is 5.69 Å². The van der Waals surface area contributed by atoms with E-state index in [9.17, 15) is 4.79 Å². The van der Waals surface area contributed by atoms with Crippen molar-refractivity contribution in [3.63, 3.8) is 0 Å². The van der Waals surface area contributed by atoms with Crippen molar-refractivity contribution in [3.8, 4) is 11.3 Å². The van der Waals surface area contributed by atoms with E-state index in [4.69, 9.17) is 0 Å². The normalized spacial score (nSPS) is 10.3. The van der Waals surface area contributed by atoms with Crippen molar-refractivity contribution in [2.45, 2.75) is 6.92 Å². The molecule has 5 nitrogen and oxygen atoms in total. The number of benzene rings is 1. The summed E-state index contributed by atoms with van der Waals surface area (Å²) in [4.78, 5) is 16.1. The Balaban J connectivity index is 1.82. The monoisotopic (exact) mass is 278 g/mol. The van der Waals surface area contributed by atoms with Crippen LogP contribution < -0.4 is 5.32 Å². The topological polar surface area (TPSA) is 70.7 Å². The number of anilines is 1. The zero-order valence-electron chi connectivity index (χ0n) is 11.5. The lowest BCUT2D eigenvalue weighted by Crippen LogP contribution is -2.13. The molecule has 0 unspecified atom stereocenters. The summed E-state index contributed by atoms with van der Waals surface area (Å²) >= 11 is 0. The fraction of sp³-hybridized carbons (Fsp3) is 0.0625. The molecule has 2 N–H and O–H groups in total. The highest BCUT2D eigenvalue weighted by atomic mass is 16.1. The Hall–Kier alpha value is -2.95. The van der Waals surface area contributed by atoms with Gasteiger partial charge in [-0.2, -0.15) is 5.10 Å². The number of H-pyrrole nitrogens is 1. The van der Waals surface area contributed by atoms with Crippen LogP contribution >= 0.6 is 0 Å². The molecule has 5 heteroatoms. The Morgan fingerprint density at radius 3 is 2.76 bits per heavy atom. The fourth-order valence-electron chi connectivity index (χ4n) is 2.01. The number of hydrogen-bond acceptors (Lipinski definition) is 3. The van der Waals surface area contributed by atoms with Gasteiger partial charge in [0, 0.05) is 23.1 Å². The van der Waals surface area contributed by atoms with Crippen LogP contribution in [0.3, 0.4) is 0 Å². The van der Waals surface area contributed by atoms with Gasteiger partial charge < -0.3 is 5.32 Å². The Kier molecular flexibility index (Phi) is 3.47. The summed E-state index contributed by atoms with van der Waals surface area (Å²) in [6.07, 6.45) is 1.60. The molecule has 21 heavy (non-hydrogen) atoms. The second kappa shape index (κ2) is 5.58. The lowest BCUT2D eigenvalue weighted by molar-refractivity contribution is 0.102. The highest BCUT2D eigenvalue weighted by Gasteiger charge is 2.08. The average Bonchev–Trinajstić information content (AvgIpc) is 2.95. The third-order valence-electron chi connectivity index (χ3n) is 3.02. The number of hydrogen-bond donors (Lipinski definition) is 2. The molecule has 0 aliphatic carbocycles. The third kappa shape index (κ3) is 2.97. The molecular weight excluding hydrogens is 264 g/mol. The SMILES string of the molecule is Cc1cc(-c2cccc(NC(=O)c3ccccn3)c2)n[nH]1. The van der Waals surface area contributed by atoms with Crippen LogP contribution in [0.2, 0.25) is 0 Å². The van der Waals surface area contributed by atoms with Crippen molar-refractivity contribution in [1.29, 1.82) is 0 Å². The smallest absolute Gasteiger partial charge is 0.274 e. The molecule has 0 fully saturated rings. The predicted octanol–water partition coefficient (Wildman–Crippen LogP) is 3.03. The highest BCUT2D eigenvalue weighted by Crippen LogP contribution is 2.21. The number of rotatable bonds is 3. The number of pyridine rings is 1. The maximum atomic E-state index is 12.1. The standard InChI is InChI=1S/C16H14N4O/c1-11-9-15(20-19-11)12-5-4-6-13(10-12)18-16(21)14-7-2-3-8-17-14/h2-10H,1H3,(H,18,21)(H,19,20). The first kappa shape index (κ1) is 13.1. The first-order valence-electron chi connectivity index (χ1n) is 6.57. The van der Waals surface area contributed by atoms with Gasteiger partial charge >= 0.3 is 0 Å². The number of carbonyl (C=O) groups is 1. The molecule has 0 bridgehead atoms. The number of aromatic amines is 1. The molecule has 0 radical (unpaired) electrons. The minimum absolute atomic E-state index is 0.231. The van der Waals surface area contributed by atoms with Gasteiger partial charge in [0.15, 0.2) is 0 Å². The van der Waals surface area contributed by atoms with Crippen LogP contribution in [0.25, 0.3) is 11.3 Å². The molecular formula is C16H14N4O. The number of nitrogens with one attached hydrogen (secondary N) is 2. The predicted molar refractivity (Wildman–Crippen MR) is 81.0 cm³/mol. The maximum Gasteiger partial charge on any atom is 0.274 e. The first-order valence-corrected chi connectivity index (χ1v) is 6.57. The van der Waals surface area contributed by atoms with E-state index < -0.39 is 0 Å². The summed E-state index contributed by atoms with van der Waals surface area (Å²) in [6.45, 7) is 1.95. The second-order valence-electron chi connectivity index (χ2n) is 4.69. The molecule has 0 aliphatic rings. The molecule has 0 atom stereocenters. The molecule has 3 rings (SSSR count). The van der Waals surface area contributed by atoms with Gasteiger partial charge in [0.05, 0.1) is 5.69 Å². The molecule has 2 heterocycles. The minimum Gasteiger partial charge on any atom is -0.321 e. The van der Waals surface area contributed by atoms with Gasteiger partial charge in [-0.3, -0.25) is 14.9 Å². The summed E-state index contributed by atoms with van der Waals surface area (Å²) in [5, 5.41) is 9.96. The lowest BCUT2D eigenvalue weighted by atomic mass is 10.1. The van der Waals surface area contributed by atoms with Gasteiger partial charge in [-0.05, 0) is 37.3 Å². The van der Waals surface area contributed by atoms with E-state index in [0.717, 1.165) is 17.0 Å². The zero-order chi connectivity index (χ0) is 14.7. The molecule has 0 saturated carbocycles. The van der Waals surface area contributed by atoms with Crippen LogP contribution in [0.15, 0.2) is 54.7 Å². The van der Waals surface area contributed by atoms with Crippen LogP contribution in [-0.2, 0) is 0 Å². The lowest BCUT2D eigenvalue weighted by Gasteiger charge is -2.06. The second-order valence-corrected chi connectivity index (χ2v) is 4.69. The Labute approximate surface area is 122 Å². The molecule has 1 aromatic carbocycles. The Bertz CT molecular complexity index is 765. The molecule has 0 spiro atoms. The van der Waals surface area contributed by atoms with E-state index in [0.29, 0.717) is 11.4 Å². The van der Waals surface area contributed by atoms with Crippen LogP contribution in [0.1, 0.15) is 16.2 Å². The zero-order valence-corrected chi connectivity index (χ0v) is 11.5. The van der Waals surface area contributed by atoms with Crippen molar-refractivity contribution in [2.24, 2.45) is 0 Å². The number of nitrogens with zero attached hydrogens (tertiary/aromatic N) is 2. The molecule has 104 valence electrons. The molecule has 1 amide bonds. The summed E-state index contributed by atoms with van der Waals surface area (Å²) in [5.41, 5.74) is 3.88. The average molecular weight is 278 g/mol. The fourth-order valence-corrected chi connectivity index (χ4v) is 2.01. The molecule has 0 saturated heterocycles.